The molecular formula is C15H17N7. The number of aromatic amines is 1. The van der Waals surface area contributed by atoms with Crippen LogP contribution in [0.5, 0.6) is 0 Å². The zero-order chi connectivity index (χ0) is 15.5. The maximum atomic E-state index is 6.13. The third-order valence-corrected chi connectivity index (χ3v) is 3.33. The lowest BCUT2D eigenvalue weighted by atomic mass is 10.1. The molecule has 22 heavy (non-hydrogen) atoms. The van der Waals surface area contributed by atoms with E-state index in [1.807, 2.05) is 38.1 Å². The third-order valence-electron chi connectivity index (χ3n) is 3.33. The Morgan fingerprint density at radius 3 is 2.82 bits per heavy atom. The molecule has 0 saturated heterocycles. The van der Waals surface area contributed by atoms with Crippen molar-refractivity contribution in [1.82, 2.24) is 29.7 Å². The summed E-state index contributed by atoms with van der Waals surface area (Å²) in [5.41, 5.74) is 8.78. The van der Waals surface area contributed by atoms with Crippen molar-refractivity contribution in [1.29, 1.82) is 0 Å². The van der Waals surface area contributed by atoms with Crippen LogP contribution in [0.4, 0.5) is 5.82 Å². The Bertz CT molecular complexity index is 846. The number of nitrogens with one attached hydrogen (secondary N) is 1. The Morgan fingerprint density at radius 1 is 1.18 bits per heavy atom. The molecule has 2 aromatic heterocycles. The molecule has 112 valence electrons. The lowest BCUT2D eigenvalue weighted by Crippen LogP contribution is -2.02. The van der Waals surface area contributed by atoms with Crippen molar-refractivity contribution in [2.45, 2.75) is 19.8 Å². The predicted octanol–water partition coefficient (Wildman–Crippen LogP) is 2.37. The standard InChI is InChI=1S/C15H17N7/c1-10(2)11-7-19-20-8-17-15(21-14(11)16)22-9-18-12-5-3-4-6-13(12)22/h3-10,19H,1-2H3,(H2,16,17,20,21). The van der Waals surface area contributed by atoms with Gasteiger partial charge in [-0.3, -0.25) is 9.67 Å². The summed E-state index contributed by atoms with van der Waals surface area (Å²) in [6, 6.07) is 7.77. The number of H-pyrrole nitrogens is 1. The lowest BCUT2D eigenvalue weighted by molar-refractivity contribution is 0.851. The Labute approximate surface area is 127 Å². The molecule has 0 unspecified atom stereocenters. The summed E-state index contributed by atoms with van der Waals surface area (Å²) in [5.74, 6) is 1.04. The summed E-state index contributed by atoms with van der Waals surface area (Å²) < 4.78 is 1.79. The maximum Gasteiger partial charge on any atom is 0.238 e. The highest BCUT2D eigenvalue weighted by molar-refractivity contribution is 5.76. The minimum atomic E-state index is 0.213. The molecule has 7 heteroatoms. The van der Waals surface area contributed by atoms with E-state index < -0.39 is 0 Å². The molecule has 3 N–H and O–H groups in total. The fourth-order valence-corrected chi connectivity index (χ4v) is 2.19. The summed E-state index contributed by atoms with van der Waals surface area (Å²) in [6.45, 7) is 4.09. The van der Waals surface area contributed by atoms with Gasteiger partial charge in [-0.1, -0.05) is 26.0 Å². The molecule has 0 radical (unpaired) electrons. The quantitative estimate of drug-likeness (QED) is 0.756. The number of imidazole rings is 1. The molecule has 0 amide bonds. The minimum absolute atomic E-state index is 0.213. The predicted molar refractivity (Wildman–Crippen MR) is 84.9 cm³/mol. The first-order chi connectivity index (χ1) is 10.7. The molecule has 7 nitrogen and oxygen atoms in total. The van der Waals surface area contributed by atoms with Crippen LogP contribution >= 0.6 is 0 Å². The van der Waals surface area contributed by atoms with E-state index in [9.17, 15) is 0 Å². The molecule has 1 aromatic carbocycles. The van der Waals surface area contributed by atoms with Crippen molar-refractivity contribution in [3.05, 3.63) is 48.7 Å². The van der Waals surface area contributed by atoms with Gasteiger partial charge in [-0.15, -0.1) is 0 Å². The number of hydrogen-bond acceptors (Lipinski definition) is 5. The highest BCUT2D eigenvalue weighted by atomic mass is 15.2. The Balaban J connectivity index is 2.27. The van der Waals surface area contributed by atoms with Gasteiger partial charge in [0.1, 0.15) is 18.5 Å². The van der Waals surface area contributed by atoms with E-state index >= 15 is 0 Å². The second kappa shape index (κ2) is 5.80. The number of fused-ring (bicyclic) bond motifs is 1. The van der Waals surface area contributed by atoms with Crippen LogP contribution in [-0.2, 0) is 0 Å². The molecule has 0 spiro atoms. The summed E-state index contributed by atoms with van der Waals surface area (Å²) in [4.78, 5) is 13.1. The highest BCUT2D eigenvalue weighted by Gasteiger charge is 2.08. The first-order valence-corrected chi connectivity index (χ1v) is 6.98. The number of nitrogen functional groups attached to an aromatic ring is 1. The largest absolute Gasteiger partial charge is 0.383 e. The first-order valence-electron chi connectivity index (χ1n) is 6.98. The second-order valence-electron chi connectivity index (χ2n) is 5.16. The van der Waals surface area contributed by atoms with E-state index in [0.717, 1.165) is 16.6 Å². The summed E-state index contributed by atoms with van der Waals surface area (Å²) in [7, 11) is 0. The number of nitrogens with two attached hydrogens (primary N) is 1. The molecule has 2 heterocycles. The Kier molecular flexibility index (Phi) is 3.69. The van der Waals surface area contributed by atoms with Gasteiger partial charge < -0.3 is 5.73 Å². The van der Waals surface area contributed by atoms with E-state index in [0.29, 0.717) is 11.8 Å². The molecular weight excluding hydrogens is 278 g/mol. The van der Waals surface area contributed by atoms with Gasteiger partial charge in [0.25, 0.3) is 0 Å². The molecule has 3 rings (SSSR count). The fourth-order valence-electron chi connectivity index (χ4n) is 2.19. The molecule has 0 aliphatic carbocycles. The molecule has 0 saturated carbocycles. The average molecular weight is 295 g/mol. The average Bonchev–Trinajstić information content (AvgIpc) is 2.94. The number of para-hydroxylation sites is 2. The SMILES string of the molecule is CC(C)c1c[nH]ncnc(-n2cnc3ccccc32)nc1N. The Morgan fingerprint density at radius 2 is 2.00 bits per heavy atom. The fraction of sp³-hybridized carbons (Fsp3) is 0.200. The zero-order valence-electron chi connectivity index (χ0n) is 12.4. The van der Waals surface area contributed by atoms with Crippen LogP contribution in [0.25, 0.3) is 17.0 Å². The van der Waals surface area contributed by atoms with Gasteiger partial charge in [0.2, 0.25) is 5.95 Å². The molecule has 0 aliphatic rings. The Hall–Kier alpha value is -2.96. The van der Waals surface area contributed by atoms with Crippen LogP contribution in [0, 0.1) is 0 Å². The van der Waals surface area contributed by atoms with Crippen molar-refractivity contribution in [2.24, 2.45) is 0 Å². The van der Waals surface area contributed by atoms with E-state index in [1.54, 1.807) is 17.1 Å². The van der Waals surface area contributed by atoms with E-state index in [1.165, 1.54) is 6.33 Å². The summed E-state index contributed by atoms with van der Waals surface area (Å²) in [6.07, 6.45) is 4.82. The first kappa shape index (κ1) is 14.0. The number of aromatic nitrogens is 6. The number of anilines is 1. The van der Waals surface area contributed by atoms with E-state index in [-0.39, 0.29) is 5.92 Å². The van der Waals surface area contributed by atoms with Crippen LogP contribution in [0.3, 0.4) is 0 Å². The van der Waals surface area contributed by atoms with Gasteiger partial charge in [-0.05, 0) is 18.1 Å². The van der Waals surface area contributed by atoms with Crippen molar-refractivity contribution < 1.29 is 0 Å². The monoisotopic (exact) mass is 295 g/mol. The van der Waals surface area contributed by atoms with Gasteiger partial charge in [-0.2, -0.15) is 15.1 Å². The maximum absolute atomic E-state index is 6.13. The van der Waals surface area contributed by atoms with E-state index in [2.05, 4.69) is 25.1 Å². The van der Waals surface area contributed by atoms with Crippen molar-refractivity contribution in [3.8, 4) is 5.95 Å². The van der Waals surface area contributed by atoms with E-state index in [4.69, 9.17) is 5.73 Å². The molecule has 3 aromatic rings. The second-order valence-corrected chi connectivity index (χ2v) is 5.16. The normalized spacial score (nSPS) is 10.9. The van der Waals surface area contributed by atoms with Gasteiger partial charge >= 0.3 is 0 Å². The van der Waals surface area contributed by atoms with Crippen LogP contribution in [0.1, 0.15) is 25.3 Å². The number of benzene rings is 1. The van der Waals surface area contributed by atoms with Crippen molar-refractivity contribution in [3.63, 3.8) is 0 Å². The third kappa shape index (κ3) is 2.60. The van der Waals surface area contributed by atoms with Crippen LogP contribution in [-0.4, -0.2) is 29.7 Å². The van der Waals surface area contributed by atoms with Crippen molar-refractivity contribution in [2.75, 3.05) is 5.73 Å². The van der Waals surface area contributed by atoms with Crippen LogP contribution < -0.4 is 5.73 Å². The van der Waals surface area contributed by atoms with Crippen LogP contribution in [0.2, 0.25) is 0 Å². The molecule has 0 aliphatic heterocycles. The summed E-state index contributed by atoms with van der Waals surface area (Å²) >= 11 is 0. The number of hydrogen-bond donors (Lipinski definition) is 2. The molecule has 0 atom stereocenters. The van der Waals surface area contributed by atoms with Gasteiger partial charge in [0.05, 0.1) is 11.0 Å². The number of nitrogens with zero attached hydrogens (tertiary/aromatic N) is 5. The summed E-state index contributed by atoms with van der Waals surface area (Å²) in [5, 5.41) is 6.80. The van der Waals surface area contributed by atoms with Crippen LogP contribution in [0.15, 0.2) is 43.1 Å². The molecule has 0 bridgehead atoms. The highest BCUT2D eigenvalue weighted by Crippen LogP contribution is 2.19. The number of rotatable bonds is 2. The minimum Gasteiger partial charge on any atom is -0.383 e. The molecule has 0 fully saturated rings. The zero-order valence-corrected chi connectivity index (χ0v) is 12.4. The van der Waals surface area contributed by atoms with Gasteiger partial charge in [0, 0.05) is 11.8 Å². The van der Waals surface area contributed by atoms with Gasteiger partial charge in [-0.25, -0.2) is 4.98 Å². The van der Waals surface area contributed by atoms with Crippen molar-refractivity contribution >= 4 is 16.9 Å². The smallest absolute Gasteiger partial charge is 0.238 e. The van der Waals surface area contributed by atoms with Gasteiger partial charge in [0.15, 0.2) is 0 Å². The lowest BCUT2D eigenvalue weighted by Gasteiger charge is -2.05. The topological polar surface area (TPSA) is 98.3 Å².